The maximum absolute atomic E-state index is 13.3. The first kappa shape index (κ1) is 73.8. The van der Waals surface area contributed by atoms with Gasteiger partial charge in [0.05, 0.1) is 37.9 Å². The number of aliphatic carboxylic acids is 3. The zero-order valence-electron chi connectivity index (χ0n) is 55.5. The molecule has 0 saturated heterocycles. The van der Waals surface area contributed by atoms with Crippen LogP contribution in [0.4, 0.5) is 0 Å². The number of hydrogen-bond donors (Lipinski definition) is 6. The highest BCUT2D eigenvalue weighted by molar-refractivity contribution is 5.90. The lowest BCUT2D eigenvalue weighted by Gasteiger charge is -2.36. The molecule has 3 aliphatic heterocycles. The normalized spacial score (nSPS) is 17.2. The van der Waals surface area contributed by atoms with E-state index in [4.69, 9.17) is 14.2 Å². The van der Waals surface area contributed by atoms with Crippen LogP contribution in [0, 0.1) is 0 Å². The molecule has 3 heterocycles. The van der Waals surface area contributed by atoms with Crippen molar-refractivity contribution >= 4 is 53.5 Å². The maximum Gasteiger partial charge on any atom is 0.326 e. The fourth-order valence-electron chi connectivity index (χ4n) is 12.2. The van der Waals surface area contributed by atoms with Crippen molar-refractivity contribution < 1.29 is 72.7 Å². The van der Waals surface area contributed by atoms with E-state index in [2.05, 4.69) is 16.0 Å². The van der Waals surface area contributed by atoms with Crippen LogP contribution < -0.4 is 16.0 Å². The molecule has 0 spiro atoms. The van der Waals surface area contributed by atoms with Crippen molar-refractivity contribution in [3.05, 3.63) is 214 Å². The molecule has 9 rings (SSSR count). The number of nitrogens with zero attached hydrogens (tertiary/aromatic N) is 3. The van der Waals surface area contributed by atoms with Crippen molar-refractivity contribution in [3.63, 3.8) is 0 Å². The second-order valence-electron chi connectivity index (χ2n) is 24.0. The molecule has 0 saturated carbocycles. The molecule has 21 nitrogen and oxygen atoms in total. The van der Waals surface area contributed by atoms with Crippen molar-refractivity contribution in [1.82, 2.24) is 30.7 Å². The summed E-state index contributed by atoms with van der Waals surface area (Å²) in [5.74, 6) is -5.39. The number of benzene rings is 6. The summed E-state index contributed by atoms with van der Waals surface area (Å²) in [5, 5.41) is 38.5. The van der Waals surface area contributed by atoms with Crippen LogP contribution in [0.2, 0.25) is 0 Å². The quantitative estimate of drug-likeness (QED) is 0.0213. The van der Waals surface area contributed by atoms with Gasteiger partial charge in [-0.1, -0.05) is 164 Å². The zero-order valence-corrected chi connectivity index (χ0v) is 55.5. The third-order valence-corrected chi connectivity index (χ3v) is 17.3. The minimum absolute atomic E-state index is 0.228. The van der Waals surface area contributed by atoms with E-state index in [1.165, 1.54) is 14.7 Å². The molecule has 96 heavy (non-hydrogen) atoms. The Balaban J connectivity index is 0.000000203. The van der Waals surface area contributed by atoms with Crippen molar-refractivity contribution in [1.29, 1.82) is 0 Å². The number of rotatable bonds is 27. The molecule has 0 aliphatic carbocycles. The molecular formula is C75H90N6O15. The van der Waals surface area contributed by atoms with Gasteiger partial charge >= 0.3 is 35.8 Å². The van der Waals surface area contributed by atoms with Crippen molar-refractivity contribution in [2.24, 2.45) is 0 Å². The van der Waals surface area contributed by atoms with Gasteiger partial charge in [-0.15, -0.1) is 0 Å². The van der Waals surface area contributed by atoms with Gasteiger partial charge in [-0.3, -0.25) is 44.7 Å². The van der Waals surface area contributed by atoms with Crippen molar-refractivity contribution in [3.8, 4) is 0 Å². The second kappa shape index (κ2) is 36.9. The predicted octanol–water partition coefficient (Wildman–Crippen LogP) is 7.70. The van der Waals surface area contributed by atoms with Gasteiger partial charge in [0.1, 0.15) is 36.3 Å². The Bertz CT molecular complexity index is 3210. The Kier molecular flexibility index (Phi) is 28.4. The molecule has 6 N–H and O–H groups in total. The molecule has 3 aliphatic rings. The average molecular weight is 1320 g/mol. The van der Waals surface area contributed by atoms with Gasteiger partial charge in [0.2, 0.25) is 17.7 Å². The second-order valence-corrected chi connectivity index (χ2v) is 24.0. The van der Waals surface area contributed by atoms with E-state index >= 15 is 0 Å². The number of carbonyl (C=O) groups is 9. The van der Waals surface area contributed by atoms with Crippen LogP contribution >= 0.6 is 0 Å². The van der Waals surface area contributed by atoms with Crippen LogP contribution in [0.5, 0.6) is 0 Å². The summed E-state index contributed by atoms with van der Waals surface area (Å²) in [6.45, 7) is 11.6. The standard InChI is InChI=1S/3C25H30N2O5/c3*1-3-32-25(31)21(14-13-18-9-5-4-6-10-18)26-17(2)23(28)27-16-20-12-8-7-11-19(20)15-22(27)24(29)30/h3*4-12,17,21-22,26H,3,13-16H2,1-2H3,(H,29,30)/t3*17-,21-,22-/m000/s1. The molecule has 0 aromatic heterocycles. The molecule has 510 valence electrons. The predicted molar refractivity (Wildman–Crippen MR) is 360 cm³/mol. The summed E-state index contributed by atoms with van der Waals surface area (Å²) >= 11 is 0. The van der Waals surface area contributed by atoms with E-state index in [0.29, 0.717) is 38.5 Å². The Hall–Kier alpha value is -9.57. The molecule has 0 unspecified atom stereocenters. The first-order chi connectivity index (χ1) is 46.2. The van der Waals surface area contributed by atoms with Gasteiger partial charge in [0, 0.05) is 38.9 Å². The summed E-state index contributed by atoms with van der Waals surface area (Å²) in [7, 11) is 0. The summed E-state index contributed by atoms with van der Waals surface area (Å²) in [6, 6.07) is 45.0. The molecule has 0 radical (unpaired) electrons. The number of nitrogens with one attached hydrogen (secondary N) is 3. The molecule has 6 aromatic carbocycles. The average Bonchev–Trinajstić information content (AvgIpc) is 0.817. The number of aryl methyl sites for hydroxylation is 3. The molecular weight excluding hydrogens is 1220 g/mol. The lowest BCUT2D eigenvalue weighted by molar-refractivity contribution is -0.153. The first-order valence-corrected chi connectivity index (χ1v) is 32.9. The third kappa shape index (κ3) is 21.0. The van der Waals surface area contributed by atoms with E-state index in [1.807, 2.05) is 164 Å². The van der Waals surface area contributed by atoms with Crippen LogP contribution in [-0.2, 0) is 116 Å². The van der Waals surface area contributed by atoms with Crippen LogP contribution in [0.25, 0.3) is 0 Å². The van der Waals surface area contributed by atoms with Crippen molar-refractivity contribution in [2.45, 2.75) is 173 Å². The number of carbonyl (C=O) groups excluding carboxylic acids is 6. The highest BCUT2D eigenvalue weighted by Crippen LogP contribution is 2.28. The third-order valence-electron chi connectivity index (χ3n) is 17.3. The van der Waals surface area contributed by atoms with Crippen LogP contribution in [-0.4, -0.2) is 158 Å². The van der Waals surface area contributed by atoms with E-state index in [0.717, 1.165) is 50.1 Å². The van der Waals surface area contributed by atoms with Gasteiger partial charge in [-0.25, -0.2) is 14.4 Å². The monoisotopic (exact) mass is 1310 g/mol. The smallest absolute Gasteiger partial charge is 0.326 e. The number of carboxylic acid groups (broad SMARTS) is 3. The highest BCUT2D eigenvalue weighted by atomic mass is 16.5. The lowest BCUT2D eigenvalue weighted by Crippen LogP contribution is -2.56. The topological polar surface area (TPSA) is 288 Å². The van der Waals surface area contributed by atoms with Crippen LogP contribution in [0.1, 0.15) is 111 Å². The highest BCUT2D eigenvalue weighted by Gasteiger charge is 2.41. The molecule has 0 fully saturated rings. The fourth-order valence-corrected chi connectivity index (χ4v) is 12.2. The summed E-state index contributed by atoms with van der Waals surface area (Å²) in [6.07, 6.45) is 4.12. The largest absolute Gasteiger partial charge is 0.480 e. The Morgan fingerprint density at radius 1 is 0.365 bits per heavy atom. The van der Waals surface area contributed by atoms with Crippen molar-refractivity contribution in [2.75, 3.05) is 19.8 Å². The molecule has 6 aromatic rings. The van der Waals surface area contributed by atoms with Gasteiger partial charge in [0.25, 0.3) is 0 Å². The Morgan fingerprint density at radius 3 is 0.802 bits per heavy atom. The molecule has 9 atom stereocenters. The lowest BCUT2D eigenvalue weighted by atomic mass is 9.93. The van der Waals surface area contributed by atoms with Crippen LogP contribution in [0.15, 0.2) is 164 Å². The van der Waals surface area contributed by atoms with Gasteiger partial charge in [-0.2, -0.15) is 0 Å². The molecule has 3 amide bonds. The van der Waals surface area contributed by atoms with Gasteiger partial charge in [-0.05, 0) is 130 Å². The molecule has 0 bridgehead atoms. The van der Waals surface area contributed by atoms with E-state index < -0.39 is 90.2 Å². The van der Waals surface area contributed by atoms with Gasteiger partial charge in [0.15, 0.2) is 0 Å². The summed E-state index contributed by atoms with van der Waals surface area (Å²) < 4.78 is 15.6. The Labute approximate surface area is 561 Å². The zero-order chi connectivity index (χ0) is 69.3. The summed E-state index contributed by atoms with van der Waals surface area (Å²) in [5.41, 5.74) is 8.90. The maximum atomic E-state index is 13.3. The minimum Gasteiger partial charge on any atom is -0.480 e. The molecule has 21 heteroatoms. The fraction of sp³-hybridized carbons (Fsp3) is 0.400. The number of hydrogen-bond acceptors (Lipinski definition) is 15. The number of fused-ring (bicyclic) bond motifs is 3. The van der Waals surface area contributed by atoms with E-state index in [-0.39, 0.29) is 76.4 Å². The number of esters is 3. The van der Waals surface area contributed by atoms with Gasteiger partial charge < -0.3 is 44.2 Å². The number of amides is 3. The van der Waals surface area contributed by atoms with E-state index in [1.54, 1.807) is 41.5 Å². The first-order valence-electron chi connectivity index (χ1n) is 32.9. The van der Waals surface area contributed by atoms with E-state index in [9.17, 15) is 58.5 Å². The Morgan fingerprint density at radius 2 is 0.583 bits per heavy atom. The summed E-state index contributed by atoms with van der Waals surface area (Å²) in [4.78, 5) is 117. The van der Waals surface area contributed by atoms with Crippen LogP contribution in [0.3, 0.4) is 0 Å². The number of carboxylic acids is 3. The minimum atomic E-state index is -1.04. The SMILES string of the molecule is CCOC(=O)[C@H](CCc1ccccc1)N[C@@H](C)C(=O)N1Cc2ccccc2C[C@H]1C(=O)O.CCOC(=O)[C@H](CCc1ccccc1)N[C@@H](C)C(=O)N1Cc2ccccc2C[C@H]1C(=O)O.CCOC(=O)[C@H](CCc1ccccc1)N[C@@H](C)C(=O)N1Cc2ccccc2C[C@H]1C(=O)O. The number of ether oxygens (including phenoxy) is 3.